The van der Waals surface area contributed by atoms with Gasteiger partial charge in [-0.2, -0.15) is 5.26 Å². The summed E-state index contributed by atoms with van der Waals surface area (Å²) in [5.41, 5.74) is 1.82. The van der Waals surface area contributed by atoms with Crippen molar-refractivity contribution in [1.82, 2.24) is 0 Å². The molecule has 2 aromatic rings. The second kappa shape index (κ2) is 7.05. The zero-order valence-electron chi connectivity index (χ0n) is 13.7. The fourth-order valence-corrected chi connectivity index (χ4v) is 2.65. The molecule has 1 unspecified atom stereocenters. The van der Waals surface area contributed by atoms with Gasteiger partial charge in [-0.05, 0) is 43.3 Å². The third-order valence-electron chi connectivity index (χ3n) is 3.93. The molecule has 1 N–H and O–H groups in total. The summed E-state index contributed by atoms with van der Waals surface area (Å²) >= 11 is 0. The van der Waals surface area contributed by atoms with E-state index < -0.39 is 6.10 Å². The highest BCUT2D eigenvalue weighted by Gasteiger charge is 2.31. The van der Waals surface area contributed by atoms with Crippen LogP contribution in [-0.4, -0.2) is 24.5 Å². The predicted octanol–water partition coefficient (Wildman–Crippen LogP) is 2.70. The summed E-state index contributed by atoms with van der Waals surface area (Å²) in [5.74, 6) is 0.279. The van der Waals surface area contributed by atoms with Crippen molar-refractivity contribution in [3.05, 3.63) is 54.1 Å². The van der Waals surface area contributed by atoms with Crippen molar-refractivity contribution in [2.24, 2.45) is 0 Å². The van der Waals surface area contributed by atoms with E-state index in [9.17, 15) is 9.59 Å². The van der Waals surface area contributed by atoms with Crippen molar-refractivity contribution >= 4 is 23.2 Å². The van der Waals surface area contributed by atoms with E-state index in [2.05, 4.69) is 5.32 Å². The zero-order chi connectivity index (χ0) is 17.8. The van der Waals surface area contributed by atoms with E-state index in [-0.39, 0.29) is 24.8 Å². The van der Waals surface area contributed by atoms with Crippen molar-refractivity contribution < 1.29 is 14.3 Å². The smallest absolute Gasteiger partial charge is 0.267 e. The summed E-state index contributed by atoms with van der Waals surface area (Å²) in [6.45, 7) is 1.97. The molecule has 25 heavy (non-hydrogen) atoms. The number of para-hydroxylation sites is 2. The quantitative estimate of drug-likeness (QED) is 0.931. The number of carbonyl (C=O) groups excluding carboxylic acids is 2. The number of carbonyl (C=O) groups is 2. The predicted molar refractivity (Wildman–Crippen MR) is 93.3 cm³/mol. The number of hydrogen-bond donors (Lipinski definition) is 1. The van der Waals surface area contributed by atoms with E-state index in [0.717, 1.165) is 0 Å². The Kier molecular flexibility index (Phi) is 4.66. The summed E-state index contributed by atoms with van der Waals surface area (Å²) in [6.07, 6.45) is -0.413. The van der Waals surface area contributed by atoms with E-state index in [1.807, 2.05) is 24.3 Å². The zero-order valence-corrected chi connectivity index (χ0v) is 13.7. The average molecular weight is 335 g/mol. The van der Waals surface area contributed by atoms with Crippen LogP contribution >= 0.6 is 0 Å². The molecule has 0 radical (unpaired) electrons. The van der Waals surface area contributed by atoms with Gasteiger partial charge in [0.2, 0.25) is 5.91 Å². The molecule has 1 aliphatic rings. The molecule has 0 bridgehead atoms. The lowest BCUT2D eigenvalue weighted by Gasteiger charge is -2.32. The number of ether oxygens (including phenoxy) is 1. The standard InChI is InChI=1S/C19H17N3O3/c1-13-19(24)22(16-4-2-3-5-17(16)25-13)11-10-18(23)21-15-8-6-14(12-20)7-9-15/h2-9,13H,10-11H2,1H3,(H,21,23). The molecule has 2 aromatic carbocycles. The van der Waals surface area contributed by atoms with Crippen LogP contribution in [0.5, 0.6) is 5.75 Å². The van der Waals surface area contributed by atoms with Gasteiger partial charge in [-0.1, -0.05) is 12.1 Å². The van der Waals surface area contributed by atoms with Gasteiger partial charge in [0.05, 0.1) is 17.3 Å². The van der Waals surface area contributed by atoms with Crippen molar-refractivity contribution in [2.45, 2.75) is 19.4 Å². The number of nitriles is 1. The number of amides is 2. The first-order chi connectivity index (χ1) is 12.1. The van der Waals surface area contributed by atoms with E-state index in [1.54, 1.807) is 42.2 Å². The molecule has 0 spiro atoms. The second-order valence-corrected chi connectivity index (χ2v) is 5.71. The summed E-state index contributed by atoms with van der Waals surface area (Å²) < 4.78 is 5.58. The largest absolute Gasteiger partial charge is 0.479 e. The molecule has 0 saturated heterocycles. The number of nitrogens with zero attached hydrogens (tertiary/aromatic N) is 2. The van der Waals surface area contributed by atoms with Gasteiger partial charge in [0.1, 0.15) is 5.75 Å². The fourth-order valence-electron chi connectivity index (χ4n) is 2.65. The Morgan fingerprint density at radius 2 is 1.96 bits per heavy atom. The van der Waals surface area contributed by atoms with Gasteiger partial charge in [-0.25, -0.2) is 0 Å². The molecule has 0 saturated carbocycles. The Labute approximate surface area is 145 Å². The molecule has 6 heteroatoms. The minimum atomic E-state index is -0.573. The van der Waals surface area contributed by atoms with Crippen molar-refractivity contribution in [3.63, 3.8) is 0 Å². The van der Waals surface area contributed by atoms with Crippen molar-refractivity contribution in [3.8, 4) is 11.8 Å². The second-order valence-electron chi connectivity index (χ2n) is 5.71. The minimum Gasteiger partial charge on any atom is -0.479 e. The highest BCUT2D eigenvalue weighted by Crippen LogP contribution is 2.33. The topological polar surface area (TPSA) is 82.4 Å². The molecule has 0 aromatic heterocycles. The minimum absolute atomic E-state index is 0.160. The molecule has 1 atom stereocenters. The molecule has 2 amide bonds. The van der Waals surface area contributed by atoms with E-state index in [4.69, 9.17) is 10.00 Å². The van der Waals surface area contributed by atoms with Gasteiger partial charge < -0.3 is 15.0 Å². The van der Waals surface area contributed by atoms with E-state index in [1.165, 1.54) is 0 Å². The summed E-state index contributed by atoms with van der Waals surface area (Å²) in [6, 6.07) is 15.9. The van der Waals surface area contributed by atoms with Gasteiger partial charge in [-0.15, -0.1) is 0 Å². The Hall–Kier alpha value is -3.33. The number of fused-ring (bicyclic) bond motifs is 1. The Bertz CT molecular complexity index is 840. The molecule has 0 fully saturated rings. The van der Waals surface area contributed by atoms with Crippen molar-refractivity contribution in [1.29, 1.82) is 5.26 Å². The van der Waals surface area contributed by atoms with E-state index >= 15 is 0 Å². The fraction of sp³-hybridized carbons (Fsp3) is 0.211. The number of nitrogens with one attached hydrogen (secondary N) is 1. The average Bonchev–Trinajstić information content (AvgIpc) is 2.63. The molecule has 126 valence electrons. The van der Waals surface area contributed by atoms with Gasteiger partial charge in [0.25, 0.3) is 5.91 Å². The van der Waals surface area contributed by atoms with Gasteiger partial charge in [0.15, 0.2) is 6.10 Å². The summed E-state index contributed by atoms with van der Waals surface area (Å²) in [4.78, 5) is 26.1. The highest BCUT2D eigenvalue weighted by molar-refractivity contribution is 6.00. The molecule has 1 heterocycles. The monoisotopic (exact) mass is 335 g/mol. The Morgan fingerprint density at radius 1 is 1.24 bits per heavy atom. The van der Waals surface area contributed by atoms with Crippen LogP contribution < -0.4 is 15.0 Å². The summed E-state index contributed by atoms with van der Waals surface area (Å²) in [5, 5.41) is 11.5. The first-order valence-corrected chi connectivity index (χ1v) is 7.95. The maximum Gasteiger partial charge on any atom is 0.267 e. The maximum absolute atomic E-state index is 12.4. The summed E-state index contributed by atoms with van der Waals surface area (Å²) in [7, 11) is 0. The maximum atomic E-state index is 12.4. The van der Waals surface area contributed by atoms with Gasteiger partial charge >= 0.3 is 0 Å². The first kappa shape index (κ1) is 16.5. The Morgan fingerprint density at radius 3 is 2.68 bits per heavy atom. The van der Waals surface area contributed by atoms with Crippen LogP contribution in [0.3, 0.4) is 0 Å². The molecule has 3 rings (SSSR count). The molecule has 1 aliphatic heterocycles. The van der Waals surface area contributed by atoms with Crippen LogP contribution in [-0.2, 0) is 9.59 Å². The lowest BCUT2D eigenvalue weighted by Crippen LogP contribution is -2.45. The van der Waals surface area contributed by atoms with Gasteiger partial charge in [0, 0.05) is 18.7 Å². The highest BCUT2D eigenvalue weighted by atomic mass is 16.5. The number of benzene rings is 2. The molecule has 0 aliphatic carbocycles. The third kappa shape index (κ3) is 3.61. The van der Waals surface area contributed by atoms with Crippen LogP contribution in [0.1, 0.15) is 18.9 Å². The third-order valence-corrected chi connectivity index (χ3v) is 3.93. The van der Waals surface area contributed by atoms with Crippen LogP contribution in [0.4, 0.5) is 11.4 Å². The van der Waals surface area contributed by atoms with Crippen molar-refractivity contribution in [2.75, 3.05) is 16.8 Å². The SMILES string of the molecule is CC1Oc2ccccc2N(CCC(=O)Nc2ccc(C#N)cc2)C1=O. The molecular weight excluding hydrogens is 318 g/mol. The van der Waals surface area contributed by atoms with Gasteiger partial charge in [-0.3, -0.25) is 9.59 Å². The number of rotatable bonds is 4. The molecule has 6 nitrogen and oxygen atoms in total. The van der Waals surface area contributed by atoms with Crippen LogP contribution in [0.15, 0.2) is 48.5 Å². The van der Waals surface area contributed by atoms with Crippen LogP contribution in [0.25, 0.3) is 0 Å². The van der Waals surface area contributed by atoms with Crippen LogP contribution in [0.2, 0.25) is 0 Å². The normalized spacial score (nSPS) is 15.8. The number of hydrogen-bond acceptors (Lipinski definition) is 4. The lowest BCUT2D eigenvalue weighted by molar-refractivity contribution is -0.125. The van der Waals surface area contributed by atoms with E-state index in [0.29, 0.717) is 22.7 Å². The van der Waals surface area contributed by atoms with Crippen LogP contribution in [0, 0.1) is 11.3 Å². The number of anilines is 2. The molecular formula is C19H17N3O3. The Balaban J connectivity index is 1.65. The lowest BCUT2D eigenvalue weighted by atomic mass is 10.1. The first-order valence-electron chi connectivity index (χ1n) is 7.95.